The number of hydrogen-bond donors (Lipinski definition) is 1. The highest BCUT2D eigenvalue weighted by molar-refractivity contribution is 5.90. The van der Waals surface area contributed by atoms with Crippen LogP contribution in [0.25, 0.3) is 0 Å². The van der Waals surface area contributed by atoms with Gasteiger partial charge >= 0.3 is 6.03 Å². The van der Waals surface area contributed by atoms with Gasteiger partial charge in [0.15, 0.2) is 0 Å². The summed E-state index contributed by atoms with van der Waals surface area (Å²) in [7, 11) is 0. The average Bonchev–Trinajstić information content (AvgIpc) is 3.08. The van der Waals surface area contributed by atoms with Crippen LogP contribution in [0, 0.1) is 13.8 Å². The van der Waals surface area contributed by atoms with Crippen molar-refractivity contribution in [3.05, 3.63) is 53.5 Å². The summed E-state index contributed by atoms with van der Waals surface area (Å²) in [5.41, 5.74) is 3.14. The highest BCUT2D eigenvalue weighted by Gasteiger charge is 2.31. The van der Waals surface area contributed by atoms with Crippen LogP contribution < -0.4 is 5.32 Å². The molecule has 1 fully saturated rings. The molecule has 1 aliphatic heterocycles. The fourth-order valence-corrected chi connectivity index (χ4v) is 3.03. The highest BCUT2D eigenvalue weighted by atomic mass is 16.3. The number of nitrogens with zero attached hydrogens (tertiary/aromatic N) is 1. The first-order valence-corrected chi connectivity index (χ1v) is 7.33. The van der Waals surface area contributed by atoms with E-state index >= 15 is 0 Å². The molecule has 2 aromatic rings. The number of likely N-dealkylation sites (tertiary alicyclic amines) is 1. The van der Waals surface area contributed by atoms with Crippen molar-refractivity contribution in [2.45, 2.75) is 32.7 Å². The zero-order valence-corrected chi connectivity index (χ0v) is 12.4. The van der Waals surface area contributed by atoms with Gasteiger partial charge in [0.25, 0.3) is 0 Å². The van der Waals surface area contributed by atoms with Gasteiger partial charge in [0.05, 0.1) is 12.3 Å². The summed E-state index contributed by atoms with van der Waals surface area (Å²) >= 11 is 0. The molecule has 0 unspecified atom stereocenters. The molecular formula is C17H20N2O2. The Morgan fingerprint density at radius 1 is 1.29 bits per heavy atom. The van der Waals surface area contributed by atoms with Gasteiger partial charge in [-0.1, -0.05) is 6.07 Å². The standard InChI is InChI=1S/C17H20N2O2/c1-12-9-13(2)11-14(10-12)18-17(20)19-7-3-5-15(19)16-6-4-8-21-16/h4,6,8-11,15H,3,5,7H2,1-2H3,(H,18,20)/t15-/m0/s1. The number of amides is 2. The van der Waals surface area contributed by atoms with E-state index in [-0.39, 0.29) is 12.1 Å². The van der Waals surface area contributed by atoms with Crippen molar-refractivity contribution in [3.63, 3.8) is 0 Å². The van der Waals surface area contributed by atoms with Crippen molar-refractivity contribution < 1.29 is 9.21 Å². The van der Waals surface area contributed by atoms with E-state index in [0.717, 1.165) is 42.0 Å². The second kappa shape index (κ2) is 5.64. The van der Waals surface area contributed by atoms with Crippen LogP contribution in [0.15, 0.2) is 41.0 Å². The van der Waals surface area contributed by atoms with Gasteiger partial charge < -0.3 is 14.6 Å². The molecule has 1 N–H and O–H groups in total. The van der Waals surface area contributed by atoms with Crippen LogP contribution in [-0.4, -0.2) is 17.5 Å². The number of hydrogen-bond acceptors (Lipinski definition) is 2. The minimum Gasteiger partial charge on any atom is -0.467 e. The van der Waals surface area contributed by atoms with Gasteiger partial charge in [0.1, 0.15) is 5.76 Å². The van der Waals surface area contributed by atoms with E-state index in [4.69, 9.17) is 4.42 Å². The lowest BCUT2D eigenvalue weighted by atomic mass is 10.1. The topological polar surface area (TPSA) is 45.5 Å². The first kappa shape index (κ1) is 13.7. The predicted octanol–water partition coefficient (Wildman–Crippen LogP) is 4.27. The minimum atomic E-state index is -0.0566. The number of benzene rings is 1. The van der Waals surface area contributed by atoms with Crippen LogP contribution >= 0.6 is 0 Å². The number of aryl methyl sites for hydroxylation is 2. The van der Waals surface area contributed by atoms with Crippen molar-refractivity contribution >= 4 is 11.7 Å². The van der Waals surface area contributed by atoms with Crippen LogP contribution in [0.3, 0.4) is 0 Å². The lowest BCUT2D eigenvalue weighted by Crippen LogP contribution is -2.34. The number of urea groups is 1. The van der Waals surface area contributed by atoms with E-state index < -0.39 is 0 Å². The Morgan fingerprint density at radius 2 is 2.05 bits per heavy atom. The summed E-state index contributed by atoms with van der Waals surface area (Å²) in [6.45, 7) is 4.83. The first-order valence-electron chi connectivity index (χ1n) is 7.33. The number of rotatable bonds is 2. The number of carbonyl (C=O) groups excluding carboxylic acids is 1. The fourth-order valence-electron chi connectivity index (χ4n) is 3.03. The van der Waals surface area contributed by atoms with E-state index in [1.165, 1.54) is 0 Å². The lowest BCUT2D eigenvalue weighted by molar-refractivity contribution is 0.200. The second-order valence-electron chi connectivity index (χ2n) is 5.67. The molecule has 110 valence electrons. The summed E-state index contributed by atoms with van der Waals surface area (Å²) in [5, 5.41) is 3.00. The molecule has 4 nitrogen and oxygen atoms in total. The van der Waals surface area contributed by atoms with Gasteiger partial charge in [-0.25, -0.2) is 4.79 Å². The summed E-state index contributed by atoms with van der Waals surface area (Å²) in [4.78, 5) is 14.4. The maximum absolute atomic E-state index is 12.5. The third kappa shape index (κ3) is 2.94. The van der Waals surface area contributed by atoms with E-state index in [9.17, 15) is 4.79 Å². The smallest absolute Gasteiger partial charge is 0.322 e. The fraction of sp³-hybridized carbons (Fsp3) is 0.353. The normalized spacial score (nSPS) is 18.0. The van der Waals surface area contributed by atoms with Gasteiger partial charge in [-0.15, -0.1) is 0 Å². The largest absolute Gasteiger partial charge is 0.467 e. The van der Waals surface area contributed by atoms with E-state index in [2.05, 4.69) is 11.4 Å². The molecule has 0 bridgehead atoms. The van der Waals surface area contributed by atoms with E-state index in [1.54, 1.807) is 6.26 Å². The molecule has 0 saturated carbocycles. The second-order valence-corrected chi connectivity index (χ2v) is 5.67. The molecule has 1 aromatic carbocycles. The molecule has 0 radical (unpaired) electrons. The maximum atomic E-state index is 12.5. The molecule has 4 heteroatoms. The van der Waals surface area contributed by atoms with Gasteiger partial charge in [-0.05, 0) is 62.1 Å². The summed E-state index contributed by atoms with van der Waals surface area (Å²) in [6, 6.07) is 9.87. The van der Waals surface area contributed by atoms with Crippen molar-refractivity contribution in [3.8, 4) is 0 Å². The molecule has 2 heterocycles. The molecule has 1 saturated heterocycles. The zero-order chi connectivity index (χ0) is 14.8. The Balaban J connectivity index is 1.75. The predicted molar refractivity (Wildman–Crippen MR) is 82.3 cm³/mol. The average molecular weight is 284 g/mol. The van der Waals surface area contributed by atoms with Crippen LogP contribution in [0.5, 0.6) is 0 Å². The zero-order valence-electron chi connectivity index (χ0n) is 12.4. The van der Waals surface area contributed by atoms with Crippen LogP contribution in [0.4, 0.5) is 10.5 Å². The Bertz CT molecular complexity index is 614. The molecule has 3 rings (SSSR count). The van der Waals surface area contributed by atoms with Crippen LogP contribution in [0.1, 0.15) is 35.8 Å². The van der Waals surface area contributed by atoms with Crippen LogP contribution in [0.2, 0.25) is 0 Å². The van der Waals surface area contributed by atoms with Gasteiger partial charge in [0.2, 0.25) is 0 Å². The Labute approximate surface area is 124 Å². The minimum absolute atomic E-state index is 0.0471. The molecule has 21 heavy (non-hydrogen) atoms. The van der Waals surface area contributed by atoms with Gasteiger partial charge in [-0.3, -0.25) is 0 Å². The SMILES string of the molecule is Cc1cc(C)cc(NC(=O)N2CCC[C@H]2c2ccco2)c1. The maximum Gasteiger partial charge on any atom is 0.322 e. The van der Waals surface area contributed by atoms with Gasteiger partial charge in [-0.2, -0.15) is 0 Å². The molecule has 1 aliphatic rings. The van der Waals surface area contributed by atoms with Crippen molar-refractivity contribution in [1.29, 1.82) is 0 Å². The first-order chi connectivity index (χ1) is 10.1. The number of nitrogens with one attached hydrogen (secondary N) is 1. The van der Waals surface area contributed by atoms with Crippen molar-refractivity contribution in [2.75, 3.05) is 11.9 Å². The summed E-state index contributed by atoms with van der Waals surface area (Å²) < 4.78 is 5.46. The monoisotopic (exact) mass is 284 g/mol. The van der Waals surface area contributed by atoms with Crippen LogP contribution in [-0.2, 0) is 0 Å². The molecular weight excluding hydrogens is 264 g/mol. The van der Waals surface area contributed by atoms with Crippen molar-refractivity contribution in [2.24, 2.45) is 0 Å². The number of furan rings is 1. The summed E-state index contributed by atoms with van der Waals surface area (Å²) in [6.07, 6.45) is 3.62. The third-order valence-corrected chi connectivity index (χ3v) is 3.86. The van der Waals surface area contributed by atoms with E-state index in [0.29, 0.717) is 0 Å². The molecule has 1 atom stereocenters. The molecule has 0 aliphatic carbocycles. The molecule has 0 spiro atoms. The van der Waals surface area contributed by atoms with Crippen molar-refractivity contribution in [1.82, 2.24) is 4.90 Å². The highest BCUT2D eigenvalue weighted by Crippen LogP contribution is 2.32. The molecule has 1 aromatic heterocycles. The molecule has 2 amide bonds. The Hall–Kier alpha value is -2.23. The Morgan fingerprint density at radius 3 is 2.71 bits per heavy atom. The number of anilines is 1. The summed E-state index contributed by atoms with van der Waals surface area (Å²) in [5.74, 6) is 0.864. The number of carbonyl (C=O) groups is 1. The quantitative estimate of drug-likeness (QED) is 0.895. The Kier molecular flexibility index (Phi) is 3.69. The van der Waals surface area contributed by atoms with E-state index in [1.807, 2.05) is 43.0 Å². The van der Waals surface area contributed by atoms with Gasteiger partial charge in [0, 0.05) is 12.2 Å². The lowest BCUT2D eigenvalue weighted by Gasteiger charge is -2.23. The third-order valence-electron chi connectivity index (χ3n) is 3.86.